The minimum absolute atomic E-state index is 0.730. The fourth-order valence-corrected chi connectivity index (χ4v) is 3.25. The average Bonchev–Trinajstić information content (AvgIpc) is 2.77. The molecule has 1 aromatic rings. The van der Waals surface area contributed by atoms with Gasteiger partial charge in [-0.2, -0.15) is 0 Å². The molecule has 3 rings (SSSR count). The zero-order chi connectivity index (χ0) is 11.0. The van der Waals surface area contributed by atoms with Crippen LogP contribution in [0.3, 0.4) is 0 Å². The highest BCUT2D eigenvalue weighted by atomic mass is 15.2. The predicted molar refractivity (Wildman–Crippen MR) is 68.0 cm³/mol. The van der Waals surface area contributed by atoms with Gasteiger partial charge in [0.15, 0.2) is 0 Å². The summed E-state index contributed by atoms with van der Waals surface area (Å²) in [6.45, 7) is 4.65. The molecule has 1 N–H and O–H groups in total. The SMILES string of the molecule is Cc1ccccc1N1CCCC2NCCC21. The fourth-order valence-electron chi connectivity index (χ4n) is 3.25. The van der Waals surface area contributed by atoms with Crippen molar-refractivity contribution in [3.63, 3.8) is 0 Å². The molecule has 2 heterocycles. The summed E-state index contributed by atoms with van der Waals surface area (Å²) in [4.78, 5) is 2.63. The second kappa shape index (κ2) is 4.10. The number of rotatable bonds is 1. The standard InChI is InChI=1S/C14H20N2/c1-11-5-2-3-7-13(11)16-10-4-6-12-14(16)8-9-15-12/h2-3,5,7,12,14-15H,4,6,8-10H2,1H3. The largest absolute Gasteiger partial charge is 0.367 e. The molecule has 0 bridgehead atoms. The third-order valence-electron chi connectivity index (χ3n) is 4.05. The number of aryl methyl sites for hydroxylation is 1. The number of nitrogens with zero attached hydrogens (tertiary/aromatic N) is 1. The lowest BCUT2D eigenvalue weighted by atomic mass is 9.96. The molecule has 0 aliphatic carbocycles. The van der Waals surface area contributed by atoms with E-state index in [1.165, 1.54) is 43.6 Å². The van der Waals surface area contributed by atoms with E-state index < -0.39 is 0 Å². The number of anilines is 1. The molecule has 2 saturated heterocycles. The molecule has 0 spiro atoms. The first-order valence-corrected chi connectivity index (χ1v) is 6.42. The van der Waals surface area contributed by atoms with Crippen LogP contribution in [0.4, 0.5) is 5.69 Å². The summed E-state index contributed by atoms with van der Waals surface area (Å²) in [7, 11) is 0. The van der Waals surface area contributed by atoms with Gasteiger partial charge in [-0.1, -0.05) is 18.2 Å². The van der Waals surface area contributed by atoms with E-state index in [1.54, 1.807) is 0 Å². The molecule has 1 aromatic carbocycles. The Morgan fingerprint density at radius 2 is 2.12 bits per heavy atom. The molecule has 2 aliphatic heterocycles. The van der Waals surface area contributed by atoms with E-state index in [0.29, 0.717) is 0 Å². The molecule has 2 aliphatic rings. The van der Waals surface area contributed by atoms with Gasteiger partial charge >= 0.3 is 0 Å². The molecule has 2 fully saturated rings. The molecule has 2 atom stereocenters. The van der Waals surface area contributed by atoms with Gasteiger partial charge in [0.05, 0.1) is 0 Å². The van der Waals surface area contributed by atoms with E-state index in [9.17, 15) is 0 Å². The second-order valence-electron chi connectivity index (χ2n) is 5.04. The molecule has 0 aromatic heterocycles. The fraction of sp³-hybridized carbons (Fsp3) is 0.571. The number of piperidine rings is 1. The van der Waals surface area contributed by atoms with Crippen molar-refractivity contribution in [2.45, 2.75) is 38.3 Å². The molecule has 16 heavy (non-hydrogen) atoms. The van der Waals surface area contributed by atoms with Crippen LogP contribution in [0, 0.1) is 6.92 Å². The van der Waals surface area contributed by atoms with Crippen LogP contribution < -0.4 is 10.2 Å². The van der Waals surface area contributed by atoms with E-state index in [1.807, 2.05) is 0 Å². The predicted octanol–water partition coefficient (Wildman–Crippen LogP) is 2.33. The lowest BCUT2D eigenvalue weighted by Crippen LogP contribution is -2.48. The Bertz CT molecular complexity index is 375. The molecule has 2 nitrogen and oxygen atoms in total. The third kappa shape index (κ3) is 1.61. The summed E-state index contributed by atoms with van der Waals surface area (Å²) in [6.07, 6.45) is 3.98. The van der Waals surface area contributed by atoms with Crippen molar-refractivity contribution < 1.29 is 0 Å². The Balaban J connectivity index is 1.91. The summed E-state index contributed by atoms with van der Waals surface area (Å²) in [6, 6.07) is 10.3. The van der Waals surface area contributed by atoms with Gasteiger partial charge in [-0.25, -0.2) is 0 Å². The van der Waals surface area contributed by atoms with Crippen LogP contribution in [0.15, 0.2) is 24.3 Å². The number of hydrogen-bond acceptors (Lipinski definition) is 2. The van der Waals surface area contributed by atoms with Crippen molar-refractivity contribution in [2.24, 2.45) is 0 Å². The lowest BCUT2D eigenvalue weighted by molar-refractivity contribution is 0.412. The van der Waals surface area contributed by atoms with Gasteiger partial charge < -0.3 is 10.2 Å². The summed E-state index contributed by atoms with van der Waals surface area (Å²) in [5, 5.41) is 3.64. The van der Waals surface area contributed by atoms with Gasteiger partial charge in [-0.3, -0.25) is 0 Å². The highest BCUT2D eigenvalue weighted by Crippen LogP contribution is 2.31. The molecule has 0 amide bonds. The first kappa shape index (κ1) is 10.2. The van der Waals surface area contributed by atoms with Gasteiger partial charge in [-0.15, -0.1) is 0 Å². The van der Waals surface area contributed by atoms with Crippen molar-refractivity contribution in [1.29, 1.82) is 0 Å². The maximum Gasteiger partial charge on any atom is 0.0455 e. The Morgan fingerprint density at radius 3 is 3.00 bits per heavy atom. The van der Waals surface area contributed by atoms with Crippen LogP contribution in [0.5, 0.6) is 0 Å². The van der Waals surface area contributed by atoms with Crippen molar-refractivity contribution in [3.05, 3.63) is 29.8 Å². The molecule has 2 heteroatoms. The van der Waals surface area contributed by atoms with E-state index in [2.05, 4.69) is 41.4 Å². The monoisotopic (exact) mass is 216 g/mol. The number of benzene rings is 1. The average molecular weight is 216 g/mol. The Labute approximate surface area is 97.6 Å². The summed E-state index contributed by atoms with van der Waals surface area (Å²) in [5.41, 5.74) is 2.86. The molecular formula is C14H20N2. The quantitative estimate of drug-likeness (QED) is 0.775. The van der Waals surface area contributed by atoms with Crippen LogP contribution in [-0.4, -0.2) is 25.2 Å². The van der Waals surface area contributed by atoms with Gasteiger partial charge in [0.2, 0.25) is 0 Å². The van der Waals surface area contributed by atoms with Crippen LogP contribution in [-0.2, 0) is 0 Å². The first-order chi connectivity index (χ1) is 7.86. The van der Waals surface area contributed by atoms with Crippen LogP contribution in [0.1, 0.15) is 24.8 Å². The van der Waals surface area contributed by atoms with Crippen molar-refractivity contribution >= 4 is 5.69 Å². The van der Waals surface area contributed by atoms with Gasteiger partial charge in [0, 0.05) is 24.3 Å². The lowest BCUT2D eigenvalue weighted by Gasteiger charge is -2.39. The van der Waals surface area contributed by atoms with Crippen LogP contribution >= 0.6 is 0 Å². The Morgan fingerprint density at radius 1 is 1.25 bits per heavy atom. The van der Waals surface area contributed by atoms with Gasteiger partial charge in [-0.05, 0) is 44.4 Å². The summed E-state index contributed by atoms with van der Waals surface area (Å²) in [5.74, 6) is 0. The molecule has 0 saturated carbocycles. The third-order valence-corrected chi connectivity index (χ3v) is 4.05. The molecule has 0 radical (unpaired) electrons. The van der Waals surface area contributed by atoms with Crippen LogP contribution in [0.2, 0.25) is 0 Å². The zero-order valence-corrected chi connectivity index (χ0v) is 9.95. The minimum atomic E-state index is 0.730. The maximum absolute atomic E-state index is 3.64. The van der Waals surface area contributed by atoms with Crippen molar-refractivity contribution in [3.8, 4) is 0 Å². The zero-order valence-electron chi connectivity index (χ0n) is 9.95. The highest BCUT2D eigenvalue weighted by Gasteiger charge is 2.35. The number of fused-ring (bicyclic) bond motifs is 1. The van der Waals surface area contributed by atoms with E-state index >= 15 is 0 Å². The Hall–Kier alpha value is -1.02. The molecule has 86 valence electrons. The van der Waals surface area contributed by atoms with Gasteiger partial charge in [0.25, 0.3) is 0 Å². The summed E-state index contributed by atoms with van der Waals surface area (Å²) >= 11 is 0. The van der Waals surface area contributed by atoms with E-state index in [-0.39, 0.29) is 0 Å². The maximum atomic E-state index is 3.64. The Kier molecular flexibility index (Phi) is 2.60. The van der Waals surface area contributed by atoms with Crippen LogP contribution in [0.25, 0.3) is 0 Å². The van der Waals surface area contributed by atoms with Gasteiger partial charge in [0.1, 0.15) is 0 Å². The smallest absolute Gasteiger partial charge is 0.0455 e. The highest BCUT2D eigenvalue weighted by molar-refractivity contribution is 5.54. The van der Waals surface area contributed by atoms with Crippen molar-refractivity contribution in [2.75, 3.05) is 18.0 Å². The topological polar surface area (TPSA) is 15.3 Å². The second-order valence-corrected chi connectivity index (χ2v) is 5.04. The normalized spacial score (nSPS) is 29.2. The minimum Gasteiger partial charge on any atom is -0.367 e. The number of para-hydroxylation sites is 1. The van der Waals surface area contributed by atoms with E-state index in [4.69, 9.17) is 0 Å². The summed E-state index contributed by atoms with van der Waals surface area (Å²) < 4.78 is 0. The number of hydrogen-bond donors (Lipinski definition) is 1. The first-order valence-electron chi connectivity index (χ1n) is 6.42. The van der Waals surface area contributed by atoms with Crippen molar-refractivity contribution in [1.82, 2.24) is 5.32 Å². The molecule has 2 unspecified atom stereocenters. The van der Waals surface area contributed by atoms with E-state index in [0.717, 1.165) is 12.1 Å². The number of nitrogens with one attached hydrogen (secondary N) is 1. The molecular weight excluding hydrogens is 196 g/mol.